The number of carbonyl (C=O) groups is 4. The van der Waals surface area contributed by atoms with Crippen LogP contribution in [0.15, 0.2) is 72.8 Å². The number of alkyl halides is 3. The summed E-state index contributed by atoms with van der Waals surface area (Å²) < 4.78 is 55.6. The first-order chi connectivity index (χ1) is 22.4. The number of esters is 1. The fourth-order valence-corrected chi connectivity index (χ4v) is 5.53. The minimum atomic E-state index is -4.75. The quantitative estimate of drug-likeness (QED) is 0.172. The molecule has 5 rings (SSSR count). The SMILES string of the molecule is CCOC(=O)C(NC(=O)c1ccc(OC)c2nc(C(F)(F)F)ccc12)C(=O)[C@@H](C)NC(=O)OCC1c2ccccc2-c2ccccc21. The molecule has 2 atom stereocenters. The van der Waals surface area contributed by atoms with Crippen molar-refractivity contribution < 1.29 is 46.6 Å². The van der Waals surface area contributed by atoms with Crippen molar-refractivity contribution in [1.82, 2.24) is 15.6 Å². The number of methoxy groups -OCH3 is 1. The smallest absolute Gasteiger partial charge is 0.433 e. The molecule has 13 heteroatoms. The summed E-state index contributed by atoms with van der Waals surface area (Å²) in [5, 5.41) is 4.68. The van der Waals surface area contributed by atoms with Crippen LogP contribution in [0, 0.1) is 0 Å². The van der Waals surface area contributed by atoms with E-state index in [4.69, 9.17) is 14.2 Å². The van der Waals surface area contributed by atoms with Gasteiger partial charge >= 0.3 is 18.2 Å². The third-order valence-electron chi connectivity index (χ3n) is 7.76. The Hall–Kier alpha value is -5.46. The molecule has 0 aliphatic heterocycles. The van der Waals surface area contributed by atoms with Crippen molar-refractivity contribution in [3.8, 4) is 16.9 Å². The van der Waals surface area contributed by atoms with Crippen LogP contribution in [0.1, 0.15) is 46.9 Å². The van der Waals surface area contributed by atoms with Crippen LogP contribution >= 0.6 is 0 Å². The predicted molar refractivity (Wildman–Crippen MR) is 164 cm³/mol. The minimum absolute atomic E-state index is 0.0188. The number of hydrogen-bond acceptors (Lipinski definition) is 8. The number of alkyl carbamates (subject to hydrolysis) is 1. The van der Waals surface area contributed by atoms with Gasteiger partial charge in [0.15, 0.2) is 11.8 Å². The fourth-order valence-electron chi connectivity index (χ4n) is 5.53. The molecule has 1 aliphatic rings. The van der Waals surface area contributed by atoms with Gasteiger partial charge in [-0.3, -0.25) is 9.59 Å². The van der Waals surface area contributed by atoms with Gasteiger partial charge in [0.1, 0.15) is 23.6 Å². The van der Waals surface area contributed by atoms with E-state index in [1.807, 2.05) is 48.5 Å². The number of nitrogens with zero attached hydrogens (tertiary/aromatic N) is 1. The maximum absolute atomic E-state index is 13.4. The van der Waals surface area contributed by atoms with Gasteiger partial charge in [-0.1, -0.05) is 48.5 Å². The highest BCUT2D eigenvalue weighted by Crippen LogP contribution is 2.44. The van der Waals surface area contributed by atoms with Crippen molar-refractivity contribution in [3.05, 3.63) is 95.2 Å². The Kier molecular flexibility index (Phi) is 9.45. The molecule has 1 heterocycles. The van der Waals surface area contributed by atoms with Crippen molar-refractivity contribution in [1.29, 1.82) is 0 Å². The highest BCUT2D eigenvalue weighted by atomic mass is 19.4. The lowest BCUT2D eigenvalue weighted by Gasteiger charge is -2.21. The number of benzene rings is 3. The van der Waals surface area contributed by atoms with Gasteiger partial charge in [0.05, 0.1) is 19.8 Å². The summed E-state index contributed by atoms with van der Waals surface area (Å²) in [7, 11) is 1.23. The molecule has 0 radical (unpaired) electrons. The molecular formula is C34H30F3N3O7. The van der Waals surface area contributed by atoms with E-state index in [0.29, 0.717) is 6.07 Å². The molecule has 2 N–H and O–H groups in total. The molecule has 0 saturated heterocycles. The molecule has 244 valence electrons. The second-order valence-electron chi connectivity index (χ2n) is 10.7. The van der Waals surface area contributed by atoms with Crippen LogP contribution < -0.4 is 15.4 Å². The Balaban J connectivity index is 1.31. The number of ketones is 1. The van der Waals surface area contributed by atoms with E-state index in [1.165, 1.54) is 33.1 Å². The van der Waals surface area contributed by atoms with Gasteiger partial charge in [0.25, 0.3) is 5.91 Å². The van der Waals surface area contributed by atoms with Gasteiger partial charge in [0, 0.05) is 16.9 Å². The highest BCUT2D eigenvalue weighted by molar-refractivity contribution is 6.13. The zero-order valence-corrected chi connectivity index (χ0v) is 25.5. The summed E-state index contributed by atoms with van der Waals surface area (Å²) in [4.78, 5) is 56.1. The van der Waals surface area contributed by atoms with Crippen molar-refractivity contribution in [2.75, 3.05) is 20.3 Å². The van der Waals surface area contributed by atoms with Crippen LogP contribution in [0.4, 0.5) is 18.0 Å². The Morgan fingerprint density at radius 2 is 1.51 bits per heavy atom. The topological polar surface area (TPSA) is 133 Å². The van der Waals surface area contributed by atoms with E-state index in [2.05, 4.69) is 15.6 Å². The standard InChI is InChI=1S/C34H30F3N3O7/c1-4-46-32(43)29(40-31(42)24-13-15-26(45-3)28-23(24)14-16-27(39-28)34(35,36)37)30(41)18(2)38-33(44)47-17-25-21-11-7-5-9-19(21)20-10-6-8-12-22(20)25/h5-16,18,25,29H,4,17H2,1-3H3,(H,38,44)(H,40,42)/t18-,29?/m1/s1. The number of halogens is 3. The Labute approximate surface area is 267 Å². The summed E-state index contributed by atoms with van der Waals surface area (Å²) >= 11 is 0. The molecule has 0 bridgehead atoms. The summed E-state index contributed by atoms with van der Waals surface area (Å²) in [6.45, 7) is 2.67. The lowest BCUT2D eigenvalue weighted by molar-refractivity contribution is -0.149. The second-order valence-corrected chi connectivity index (χ2v) is 10.7. The number of nitrogens with one attached hydrogen (secondary N) is 2. The second kappa shape index (κ2) is 13.5. The predicted octanol–water partition coefficient (Wildman–Crippen LogP) is 5.42. The monoisotopic (exact) mass is 649 g/mol. The number of fused-ring (bicyclic) bond motifs is 4. The van der Waals surface area contributed by atoms with E-state index in [1.54, 1.807) is 0 Å². The summed E-state index contributed by atoms with van der Waals surface area (Å²) in [6.07, 6.45) is -5.68. The largest absolute Gasteiger partial charge is 0.494 e. The van der Waals surface area contributed by atoms with Gasteiger partial charge in [-0.15, -0.1) is 0 Å². The number of hydrogen-bond donors (Lipinski definition) is 2. The van der Waals surface area contributed by atoms with Gasteiger partial charge in [0.2, 0.25) is 0 Å². The Morgan fingerprint density at radius 1 is 0.872 bits per heavy atom. The summed E-state index contributed by atoms with van der Waals surface area (Å²) in [6, 6.07) is 16.6. The number of carbonyl (C=O) groups excluding carboxylic acids is 4. The van der Waals surface area contributed by atoms with Crippen molar-refractivity contribution in [2.24, 2.45) is 0 Å². The molecule has 2 amide bonds. The lowest BCUT2D eigenvalue weighted by Crippen LogP contribution is -2.54. The van der Waals surface area contributed by atoms with Crippen LogP contribution in [0.3, 0.4) is 0 Å². The van der Waals surface area contributed by atoms with Gasteiger partial charge in [-0.25, -0.2) is 14.6 Å². The van der Waals surface area contributed by atoms with E-state index in [-0.39, 0.29) is 41.3 Å². The zero-order valence-electron chi connectivity index (χ0n) is 25.5. The number of Topliss-reactive ketones (excluding diaryl/α,β-unsaturated/α-hetero) is 1. The molecule has 0 fully saturated rings. The number of pyridine rings is 1. The maximum atomic E-state index is 13.4. The first-order valence-corrected chi connectivity index (χ1v) is 14.6. The molecule has 1 aromatic heterocycles. The van der Waals surface area contributed by atoms with E-state index in [0.717, 1.165) is 28.3 Å². The van der Waals surface area contributed by atoms with Gasteiger partial charge in [-0.05, 0) is 60.4 Å². The molecule has 4 aromatic rings. The Bertz CT molecular complexity index is 1820. The van der Waals surface area contributed by atoms with Crippen LogP contribution in [-0.4, -0.2) is 61.1 Å². The van der Waals surface area contributed by atoms with E-state index >= 15 is 0 Å². The maximum Gasteiger partial charge on any atom is 0.433 e. The third kappa shape index (κ3) is 6.74. The van der Waals surface area contributed by atoms with Crippen LogP contribution in [0.25, 0.3) is 22.0 Å². The molecule has 1 aliphatic carbocycles. The molecular weight excluding hydrogens is 619 g/mol. The molecule has 10 nitrogen and oxygen atoms in total. The Morgan fingerprint density at radius 3 is 2.11 bits per heavy atom. The summed E-state index contributed by atoms with van der Waals surface area (Å²) in [5.41, 5.74) is 2.43. The lowest BCUT2D eigenvalue weighted by atomic mass is 9.98. The van der Waals surface area contributed by atoms with Crippen LogP contribution in [-0.2, 0) is 25.2 Å². The average molecular weight is 650 g/mol. The average Bonchev–Trinajstić information content (AvgIpc) is 3.38. The van der Waals surface area contributed by atoms with Gasteiger partial charge in [-0.2, -0.15) is 13.2 Å². The molecule has 1 unspecified atom stereocenters. The van der Waals surface area contributed by atoms with Crippen LogP contribution in [0.2, 0.25) is 0 Å². The van der Waals surface area contributed by atoms with E-state index < -0.39 is 47.7 Å². The van der Waals surface area contributed by atoms with Crippen molar-refractivity contribution >= 4 is 34.7 Å². The summed E-state index contributed by atoms with van der Waals surface area (Å²) in [5.74, 6) is -3.24. The van der Waals surface area contributed by atoms with E-state index in [9.17, 15) is 32.3 Å². The van der Waals surface area contributed by atoms with Crippen LogP contribution in [0.5, 0.6) is 5.75 Å². The molecule has 0 saturated carbocycles. The fraction of sp³-hybridized carbons (Fsp3) is 0.265. The first kappa shape index (κ1) is 32.9. The normalized spacial score (nSPS) is 13.6. The number of rotatable bonds is 10. The highest BCUT2D eigenvalue weighted by Gasteiger charge is 2.36. The number of ether oxygens (including phenoxy) is 3. The van der Waals surface area contributed by atoms with Crippen molar-refractivity contribution in [3.63, 3.8) is 0 Å². The molecule has 3 aromatic carbocycles. The van der Waals surface area contributed by atoms with Crippen molar-refractivity contribution in [2.45, 2.75) is 38.0 Å². The minimum Gasteiger partial charge on any atom is -0.494 e. The molecule has 47 heavy (non-hydrogen) atoms. The third-order valence-corrected chi connectivity index (χ3v) is 7.76. The number of aromatic nitrogens is 1. The number of amides is 2. The van der Waals surface area contributed by atoms with Gasteiger partial charge < -0.3 is 24.8 Å². The molecule has 0 spiro atoms. The zero-order chi connectivity index (χ0) is 33.9. The first-order valence-electron chi connectivity index (χ1n) is 14.6.